The van der Waals surface area contributed by atoms with E-state index in [1.54, 1.807) is 42.5 Å². The van der Waals surface area contributed by atoms with Gasteiger partial charge in [-0.1, -0.05) is 30.3 Å². The molecule has 0 saturated heterocycles. The van der Waals surface area contributed by atoms with Gasteiger partial charge in [-0.3, -0.25) is 9.78 Å². The van der Waals surface area contributed by atoms with E-state index in [-0.39, 0.29) is 11.7 Å². The van der Waals surface area contributed by atoms with Gasteiger partial charge in [-0.15, -0.1) is 11.8 Å². The summed E-state index contributed by atoms with van der Waals surface area (Å²) in [6, 6.07) is 22.2. The average Bonchev–Trinajstić information content (AvgIpc) is 2.87. The number of hydrogen-bond donors (Lipinski definition) is 1. The van der Waals surface area contributed by atoms with Crippen molar-refractivity contribution in [1.29, 1.82) is 0 Å². The van der Waals surface area contributed by atoms with Gasteiger partial charge in [0.25, 0.3) is 5.91 Å². The smallest absolute Gasteiger partial charge is 0.254 e. The van der Waals surface area contributed by atoms with E-state index in [1.807, 2.05) is 42.5 Å². The second-order valence-electron chi connectivity index (χ2n) is 7.55. The number of pyridine rings is 2. The van der Waals surface area contributed by atoms with Crippen molar-refractivity contribution in [2.24, 2.45) is 0 Å². The van der Waals surface area contributed by atoms with Crippen LogP contribution in [0.15, 0.2) is 96.4 Å². The number of hydrogen-bond acceptors (Lipinski definition) is 4. The zero-order valence-electron chi connectivity index (χ0n) is 18.1. The summed E-state index contributed by atoms with van der Waals surface area (Å²) in [4.78, 5) is 21.3. The first kappa shape index (κ1) is 22.7. The number of thioether (sulfide) groups is 1. The highest BCUT2D eigenvalue weighted by atomic mass is 32.2. The number of amides is 1. The number of nitrogens with one attached hydrogen (secondary N) is 1. The summed E-state index contributed by atoms with van der Waals surface area (Å²) in [6.45, 7) is 0.432. The van der Waals surface area contributed by atoms with Gasteiger partial charge in [0.1, 0.15) is 10.8 Å². The van der Waals surface area contributed by atoms with Crippen molar-refractivity contribution >= 4 is 17.7 Å². The molecule has 4 aromatic rings. The molecule has 1 amide bonds. The molecule has 0 spiro atoms. The van der Waals surface area contributed by atoms with Crippen molar-refractivity contribution in [1.82, 2.24) is 15.3 Å². The fourth-order valence-corrected chi connectivity index (χ4v) is 4.39. The fourth-order valence-electron chi connectivity index (χ4n) is 3.46. The first-order chi connectivity index (χ1) is 16.2. The molecule has 2 aromatic heterocycles. The molecule has 2 aromatic carbocycles. The van der Waals surface area contributed by atoms with Crippen molar-refractivity contribution in [2.75, 3.05) is 5.75 Å². The summed E-state index contributed by atoms with van der Waals surface area (Å²) >= 11 is 1.57. The number of halogens is 1. The molecular weight excluding hydrogens is 433 g/mol. The van der Waals surface area contributed by atoms with Crippen LogP contribution in [0.1, 0.15) is 27.9 Å². The van der Waals surface area contributed by atoms with Gasteiger partial charge >= 0.3 is 0 Å². The van der Waals surface area contributed by atoms with E-state index in [1.165, 1.54) is 12.1 Å². The molecule has 0 unspecified atom stereocenters. The molecule has 0 aliphatic heterocycles. The Morgan fingerprint density at radius 2 is 1.70 bits per heavy atom. The third-order valence-corrected chi connectivity index (χ3v) is 6.26. The van der Waals surface area contributed by atoms with E-state index in [0.717, 1.165) is 45.9 Å². The van der Waals surface area contributed by atoms with Crippen LogP contribution < -0.4 is 5.32 Å². The third kappa shape index (κ3) is 6.49. The van der Waals surface area contributed by atoms with E-state index >= 15 is 0 Å². The number of aryl methyl sites for hydroxylation is 1. The second-order valence-corrected chi connectivity index (χ2v) is 8.64. The normalized spacial score (nSPS) is 10.7. The Hall–Kier alpha value is -3.51. The van der Waals surface area contributed by atoms with Crippen LogP contribution in [-0.4, -0.2) is 21.6 Å². The molecule has 166 valence electrons. The maximum absolute atomic E-state index is 13.0. The van der Waals surface area contributed by atoms with Gasteiger partial charge in [0, 0.05) is 25.1 Å². The van der Waals surface area contributed by atoms with Gasteiger partial charge in [0.15, 0.2) is 0 Å². The van der Waals surface area contributed by atoms with Crippen molar-refractivity contribution in [3.05, 3.63) is 114 Å². The van der Waals surface area contributed by atoms with Crippen LogP contribution >= 0.6 is 11.8 Å². The standard InChI is InChI=1S/C27H24FN3OS/c28-24-10-8-20(9-11-24)5-3-17-33-27-25(7-2-14-30-27)26(32)31-19-21-4-1-6-23(18-21)22-12-15-29-16-13-22/h1-2,4,6-16,18H,3,5,17,19H2,(H,31,32). The monoisotopic (exact) mass is 457 g/mol. The highest BCUT2D eigenvalue weighted by Gasteiger charge is 2.12. The second kappa shape index (κ2) is 11.4. The molecule has 4 nitrogen and oxygen atoms in total. The Bertz CT molecular complexity index is 1200. The number of carbonyl (C=O) groups excluding carboxylic acids is 1. The van der Waals surface area contributed by atoms with Crippen molar-refractivity contribution in [3.63, 3.8) is 0 Å². The van der Waals surface area contributed by atoms with Crippen LogP contribution in [0.3, 0.4) is 0 Å². The van der Waals surface area contributed by atoms with Gasteiger partial charge in [-0.25, -0.2) is 9.37 Å². The first-order valence-corrected chi connectivity index (χ1v) is 11.8. The Labute approximate surface area is 197 Å². The summed E-state index contributed by atoms with van der Waals surface area (Å²) in [5.74, 6) is 0.461. The molecule has 0 fully saturated rings. The lowest BCUT2D eigenvalue weighted by Gasteiger charge is -2.10. The highest BCUT2D eigenvalue weighted by molar-refractivity contribution is 7.99. The lowest BCUT2D eigenvalue weighted by Crippen LogP contribution is -2.23. The van der Waals surface area contributed by atoms with Crippen LogP contribution in [0.5, 0.6) is 0 Å². The predicted molar refractivity (Wildman–Crippen MR) is 131 cm³/mol. The van der Waals surface area contributed by atoms with Gasteiger partial charge in [0.2, 0.25) is 0 Å². The van der Waals surface area contributed by atoms with E-state index in [2.05, 4.69) is 21.4 Å². The van der Waals surface area contributed by atoms with Gasteiger partial charge in [0.05, 0.1) is 5.56 Å². The minimum absolute atomic E-state index is 0.140. The number of nitrogens with zero attached hydrogens (tertiary/aromatic N) is 2. The van der Waals surface area contributed by atoms with E-state index < -0.39 is 0 Å². The molecule has 6 heteroatoms. The number of aromatic nitrogens is 2. The number of benzene rings is 2. The predicted octanol–water partition coefficient (Wildman–Crippen LogP) is 5.94. The average molecular weight is 458 g/mol. The Morgan fingerprint density at radius 3 is 2.52 bits per heavy atom. The lowest BCUT2D eigenvalue weighted by atomic mass is 10.0. The van der Waals surface area contributed by atoms with Crippen LogP contribution in [-0.2, 0) is 13.0 Å². The molecule has 0 aliphatic rings. The molecule has 2 heterocycles. The molecule has 0 radical (unpaired) electrons. The molecule has 4 rings (SSSR count). The van der Waals surface area contributed by atoms with Crippen LogP contribution in [0.4, 0.5) is 4.39 Å². The molecular formula is C27H24FN3OS. The van der Waals surface area contributed by atoms with Crippen molar-refractivity contribution in [2.45, 2.75) is 24.4 Å². The largest absolute Gasteiger partial charge is 0.348 e. The minimum Gasteiger partial charge on any atom is -0.348 e. The van der Waals surface area contributed by atoms with Crippen LogP contribution in [0, 0.1) is 5.82 Å². The number of rotatable bonds is 9. The quantitative estimate of drug-likeness (QED) is 0.250. The van der Waals surface area contributed by atoms with Crippen molar-refractivity contribution < 1.29 is 9.18 Å². The zero-order chi connectivity index (χ0) is 22.9. The third-order valence-electron chi connectivity index (χ3n) is 5.17. The molecule has 1 N–H and O–H groups in total. The molecule has 0 bridgehead atoms. The topological polar surface area (TPSA) is 54.9 Å². The fraction of sp³-hybridized carbons (Fsp3) is 0.148. The Kier molecular flexibility index (Phi) is 7.82. The summed E-state index contributed by atoms with van der Waals surface area (Å²) in [5, 5.41) is 3.74. The van der Waals surface area contributed by atoms with Crippen LogP contribution in [0.2, 0.25) is 0 Å². The van der Waals surface area contributed by atoms with E-state index in [4.69, 9.17) is 0 Å². The maximum atomic E-state index is 13.0. The SMILES string of the molecule is O=C(NCc1cccc(-c2ccncc2)c1)c1cccnc1SCCCc1ccc(F)cc1. The number of carbonyl (C=O) groups is 1. The molecule has 0 atom stereocenters. The van der Waals surface area contributed by atoms with Gasteiger partial charge in [-0.05, 0) is 83.3 Å². The van der Waals surface area contributed by atoms with E-state index in [9.17, 15) is 9.18 Å². The maximum Gasteiger partial charge on any atom is 0.254 e. The van der Waals surface area contributed by atoms with Crippen molar-refractivity contribution in [3.8, 4) is 11.1 Å². The first-order valence-electron chi connectivity index (χ1n) is 10.8. The summed E-state index contributed by atoms with van der Waals surface area (Å²) in [6.07, 6.45) is 7.01. The van der Waals surface area contributed by atoms with Gasteiger partial charge < -0.3 is 5.32 Å². The Balaban J connectivity index is 1.33. The molecule has 0 saturated carbocycles. The van der Waals surface area contributed by atoms with Gasteiger partial charge in [-0.2, -0.15) is 0 Å². The lowest BCUT2D eigenvalue weighted by molar-refractivity contribution is 0.0947. The highest BCUT2D eigenvalue weighted by Crippen LogP contribution is 2.22. The molecule has 0 aliphatic carbocycles. The zero-order valence-corrected chi connectivity index (χ0v) is 18.9. The minimum atomic E-state index is -0.221. The summed E-state index contributed by atoms with van der Waals surface area (Å²) < 4.78 is 13.0. The summed E-state index contributed by atoms with van der Waals surface area (Å²) in [5.41, 5.74) is 4.88. The Morgan fingerprint density at radius 1 is 0.879 bits per heavy atom. The molecule has 33 heavy (non-hydrogen) atoms. The van der Waals surface area contributed by atoms with E-state index in [0.29, 0.717) is 12.1 Å². The summed E-state index contributed by atoms with van der Waals surface area (Å²) in [7, 11) is 0. The van der Waals surface area contributed by atoms with Crippen LogP contribution in [0.25, 0.3) is 11.1 Å².